The lowest BCUT2D eigenvalue weighted by Crippen LogP contribution is -2.13. The van der Waals surface area contributed by atoms with E-state index in [9.17, 15) is 0 Å². The Morgan fingerprint density at radius 3 is 2.50 bits per heavy atom. The van der Waals surface area contributed by atoms with Gasteiger partial charge in [-0.15, -0.1) is 0 Å². The van der Waals surface area contributed by atoms with Crippen LogP contribution >= 0.6 is 0 Å². The summed E-state index contributed by atoms with van der Waals surface area (Å²) in [6.07, 6.45) is 7.16. The molecule has 3 heteroatoms. The third-order valence-corrected chi connectivity index (χ3v) is 3.87. The Morgan fingerprint density at radius 1 is 1.05 bits per heavy atom. The van der Waals surface area contributed by atoms with E-state index in [1.165, 1.54) is 42.5 Å². The van der Waals surface area contributed by atoms with Crippen molar-refractivity contribution in [1.29, 1.82) is 0 Å². The van der Waals surface area contributed by atoms with Crippen LogP contribution in [-0.2, 0) is 6.42 Å². The third kappa shape index (κ3) is 3.33. The number of rotatable bonds is 7. The number of aliphatic imine (C=N–C) groups is 1. The molecule has 0 spiro atoms. The second kappa shape index (κ2) is 7.32. The molecule has 0 aliphatic carbocycles. The van der Waals surface area contributed by atoms with Gasteiger partial charge < -0.3 is 9.47 Å². The average molecular weight is 275 g/mol. The SMILES string of the molecule is CCCCCCC1=NCCc2cc(OC)c(OC)cc21. The molecule has 0 fully saturated rings. The molecule has 0 aromatic heterocycles. The fraction of sp³-hybridized carbons (Fsp3) is 0.588. The van der Waals surface area contributed by atoms with Crippen molar-refractivity contribution in [2.24, 2.45) is 4.99 Å². The number of fused-ring (bicyclic) bond motifs is 1. The fourth-order valence-electron chi connectivity index (χ4n) is 2.73. The number of hydrogen-bond acceptors (Lipinski definition) is 3. The van der Waals surface area contributed by atoms with Gasteiger partial charge in [0.1, 0.15) is 0 Å². The normalized spacial score (nSPS) is 13.7. The fourth-order valence-corrected chi connectivity index (χ4v) is 2.73. The first-order valence-electron chi connectivity index (χ1n) is 7.58. The molecule has 3 nitrogen and oxygen atoms in total. The quantitative estimate of drug-likeness (QED) is 0.704. The molecule has 0 amide bonds. The van der Waals surface area contributed by atoms with Gasteiger partial charge >= 0.3 is 0 Å². The lowest BCUT2D eigenvalue weighted by molar-refractivity contribution is 0.354. The third-order valence-electron chi connectivity index (χ3n) is 3.87. The van der Waals surface area contributed by atoms with Crippen LogP contribution in [0, 0.1) is 0 Å². The summed E-state index contributed by atoms with van der Waals surface area (Å²) in [5, 5.41) is 0. The molecular weight excluding hydrogens is 250 g/mol. The molecule has 0 saturated carbocycles. The largest absolute Gasteiger partial charge is 0.493 e. The van der Waals surface area contributed by atoms with E-state index in [0.29, 0.717) is 0 Å². The molecule has 1 heterocycles. The zero-order valence-electron chi connectivity index (χ0n) is 12.9. The lowest BCUT2D eigenvalue weighted by Gasteiger charge is -2.19. The number of benzene rings is 1. The molecule has 0 unspecified atom stereocenters. The molecule has 20 heavy (non-hydrogen) atoms. The summed E-state index contributed by atoms with van der Waals surface area (Å²) in [7, 11) is 3.37. The molecule has 110 valence electrons. The van der Waals surface area contributed by atoms with Gasteiger partial charge in [-0.25, -0.2) is 0 Å². The van der Waals surface area contributed by atoms with Crippen molar-refractivity contribution in [3.05, 3.63) is 23.3 Å². The van der Waals surface area contributed by atoms with Crippen molar-refractivity contribution in [2.45, 2.75) is 45.4 Å². The number of unbranched alkanes of at least 4 members (excludes halogenated alkanes) is 3. The highest BCUT2D eigenvalue weighted by Gasteiger charge is 2.17. The summed E-state index contributed by atoms with van der Waals surface area (Å²) in [6, 6.07) is 4.20. The Hall–Kier alpha value is -1.51. The van der Waals surface area contributed by atoms with Gasteiger partial charge in [-0.3, -0.25) is 4.99 Å². The summed E-state index contributed by atoms with van der Waals surface area (Å²) in [6.45, 7) is 3.14. The van der Waals surface area contributed by atoms with E-state index in [1.54, 1.807) is 14.2 Å². The number of ether oxygens (including phenoxy) is 2. The molecule has 2 rings (SSSR count). The second-order valence-corrected chi connectivity index (χ2v) is 5.25. The van der Waals surface area contributed by atoms with Crippen molar-refractivity contribution in [2.75, 3.05) is 20.8 Å². The van der Waals surface area contributed by atoms with Crippen LogP contribution in [0.5, 0.6) is 11.5 Å². The van der Waals surface area contributed by atoms with E-state index >= 15 is 0 Å². The van der Waals surface area contributed by atoms with Crippen molar-refractivity contribution in [3.63, 3.8) is 0 Å². The summed E-state index contributed by atoms with van der Waals surface area (Å²) in [5.74, 6) is 1.62. The predicted octanol–water partition coefficient (Wildman–Crippen LogP) is 4.02. The Kier molecular flexibility index (Phi) is 5.45. The van der Waals surface area contributed by atoms with Gasteiger partial charge in [0.25, 0.3) is 0 Å². The summed E-state index contributed by atoms with van der Waals surface area (Å²) in [5.41, 5.74) is 3.83. The Bertz CT molecular complexity index is 480. The number of nitrogens with zero attached hydrogens (tertiary/aromatic N) is 1. The minimum absolute atomic E-state index is 0.800. The molecule has 1 aromatic rings. The first-order chi connectivity index (χ1) is 9.80. The van der Waals surface area contributed by atoms with E-state index in [1.807, 2.05) is 0 Å². The maximum Gasteiger partial charge on any atom is 0.161 e. The van der Waals surface area contributed by atoms with Crippen LogP contribution in [0.1, 0.15) is 50.2 Å². The molecule has 1 aromatic carbocycles. The highest BCUT2D eigenvalue weighted by atomic mass is 16.5. The number of hydrogen-bond donors (Lipinski definition) is 0. The molecule has 1 aliphatic heterocycles. The Balaban J connectivity index is 2.17. The van der Waals surface area contributed by atoms with Crippen LogP contribution in [-0.4, -0.2) is 26.5 Å². The highest BCUT2D eigenvalue weighted by Crippen LogP contribution is 2.33. The summed E-state index contributed by atoms with van der Waals surface area (Å²) < 4.78 is 10.8. The van der Waals surface area contributed by atoms with Gasteiger partial charge in [0.15, 0.2) is 11.5 Å². The van der Waals surface area contributed by atoms with E-state index < -0.39 is 0 Å². The van der Waals surface area contributed by atoms with Crippen molar-refractivity contribution >= 4 is 5.71 Å². The van der Waals surface area contributed by atoms with Gasteiger partial charge in [-0.05, 0) is 37.0 Å². The maximum atomic E-state index is 5.41. The van der Waals surface area contributed by atoms with Crippen LogP contribution in [0.2, 0.25) is 0 Å². The van der Waals surface area contributed by atoms with E-state index in [2.05, 4.69) is 19.1 Å². The van der Waals surface area contributed by atoms with Crippen molar-refractivity contribution < 1.29 is 9.47 Å². The van der Waals surface area contributed by atoms with Crippen LogP contribution in [0.3, 0.4) is 0 Å². The van der Waals surface area contributed by atoms with Crippen molar-refractivity contribution in [1.82, 2.24) is 0 Å². The average Bonchev–Trinajstić information content (AvgIpc) is 2.50. The lowest BCUT2D eigenvalue weighted by atomic mass is 9.93. The smallest absolute Gasteiger partial charge is 0.161 e. The monoisotopic (exact) mass is 275 g/mol. The number of methoxy groups -OCH3 is 2. The second-order valence-electron chi connectivity index (χ2n) is 5.25. The zero-order chi connectivity index (χ0) is 14.4. The van der Waals surface area contributed by atoms with Crippen LogP contribution in [0.4, 0.5) is 0 Å². The van der Waals surface area contributed by atoms with Gasteiger partial charge in [-0.1, -0.05) is 26.2 Å². The molecule has 0 N–H and O–H groups in total. The summed E-state index contributed by atoms with van der Waals surface area (Å²) in [4.78, 5) is 4.72. The van der Waals surface area contributed by atoms with Gasteiger partial charge in [0.2, 0.25) is 0 Å². The molecule has 0 saturated heterocycles. The minimum atomic E-state index is 0.800. The van der Waals surface area contributed by atoms with Crippen LogP contribution < -0.4 is 9.47 Å². The predicted molar refractivity (Wildman–Crippen MR) is 83.4 cm³/mol. The minimum Gasteiger partial charge on any atom is -0.493 e. The molecular formula is C17H25NO2. The van der Waals surface area contributed by atoms with Crippen LogP contribution in [0.15, 0.2) is 17.1 Å². The molecule has 0 atom stereocenters. The molecule has 1 aliphatic rings. The topological polar surface area (TPSA) is 30.8 Å². The van der Waals surface area contributed by atoms with Crippen LogP contribution in [0.25, 0.3) is 0 Å². The van der Waals surface area contributed by atoms with Gasteiger partial charge in [-0.2, -0.15) is 0 Å². The molecule has 0 bridgehead atoms. The Labute approximate surface area is 122 Å². The van der Waals surface area contributed by atoms with E-state index in [0.717, 1.165) is 30.9 Å². The van der Waals surface area contributed by atoms with Gasteiger partial charge in [0, 0.05) is 17.8 Å². The summed E-state index contributed by atoms with van der Waals surface area (Å²) >= 11 is 0. The first-order valence-corrected chi connectivity index (χ1v) is 7.58. The Morgan fingerprint density at radius 2 is 1.80 bits per heavy atom. The highest BCUT2D eigenvalue weighted by molar-refractivity contribution is 6.03. The molecule has 0 radical (unpaired) electrons. The zero-order valence-corrected chi connectivity index (χ0v) is 12.9. The van der Waals surface area contributed by atoms with Gasteiger partial charge in [0.05, 0.1) is 14.2 Å². The first kappa shape index (κ1) is 14.9. The van der Waals surface area contributed by atoms with E-state index in [4.69, 9.17) is 14.5 Å². The van der Waals surface area contributed by atoms with E-state index in [-0.39, 0.29) is 0 Å². The maximum absolute atomic E-state index is 5.41. The standard InChI is InChI=1S/C17H25NO2/c1-4-5-6-7-8-15-14-12-17(20-3)16(19-2)11-13(14)9-10-18-15/h11-12H,4-10H2,1-3H3. The van der Waals surface area contributed by atoms with Crippen molar-refractivity contribution in [3.8, 4) is 11.5 Å².